The molecule has 0 spiro atoms. The minimum absolute atomic E-state index is 0.0775. The van der Waals surface area contributed by atoms with E-state index in [1.807, 2.05) is 24.3 Å². The maximum atomic E-state index is 14.0. The number of ketones is 1. The molecular formula is C25H16ClFN2O3. The first-order valence-corrected chi connectivity index (χ1v) is 10.2. The summed E-state index contributed by atoms with van der Waals surface area (Å²) in [5.41, 5.74) is 1.90. The molecule has 4 aromatic rings. The van der Waals surface area contributed by atoms with Gasteiger partial charge >= 0.3 is 0 Å². The highest BCUT2D eigenvalue weighted by molar-refractivity contribution is 6.52. The Labute approximate surface area is 187 Å². The topological polar surface area (TPSA) is 73.4 Å². The summed E-state index contributed by atoms with van der Waals surface area (Å²) in [7, 11) is 0. The second-order valence-electron chi connectivity index (χ2n) is 7.45. The average molecular weight is 447 g/mol. The van der Waals surface area contributed by atoms with Gasteiger partial charge in [0.05, 0.1) is 11.6 Å². The lowest BCUT2D eigenvalue weighted by Gasteiger charge is -2.25. The number of nitrogens with one attached hydrogen (secondary N) is 1. The molecule has 3 aromatic carbocycles. The van der Waals surface area contributed by atoms with Crippen molar-refractivity contribution in [3.8, 4) is 0 Å². The molecule has 1 saturated heterocycles. The predicted molar refractivity (Wildman–Crippen MR) is 121 cm³/mol. The fourth-order valence-electron chi connectivity index (χ4n) is 4.10. The normalized spacial score (nSPS) is 17.9. The van der Waals surface area contributed by atoms with Gasteiger partial charge in [0.25, 0.3) is 11.7 Å². The summed E-state index contributed by atoms with van der Waals surface area (Å²) in [5.74, 6) is -2.56. The highest BCUT2D eigenvalue weighted by atomic mass is 35.5. The van der Waals surface area contributed by atoms with Gasteiger partial charge in [-0.2, -0.15) is 0 Å². The molecule has 1 unspecified atom stereocenters. The number of carbonyl (C=O) groups excluding carboxylic acids is 2. The van der Waals surface area contributed by atoms with Crippen molar-refractivity contribution in [3.05, 3.63) is 107 Å². The van der Waals surface area contributed by atoms with E-state index in [-0.39, 0.29) is 17.0 Å². The van der Waals surface area contributed by atoms with E-state index in [2.05, 4.69) is 4.98 Å². The Morgan fingerprint density at radius 3 is 2.50 bits per heavy atom. The van der Waals surface area contributed by atoms with E-state index in [1.54, 1.807) is 36.5 Å². The maximum absolute atomic E-state index is 14.0. The minimum Gasteiger partial charge on any atom is -0.507 e. The maximum Gasteiger partial charge on any atom is 0.300 e. The van der Waals surface area contributed by atoms with E-state index in [4.69, 9.17) is 11.6 Å². The third kappa shape index (κ3) is 3.16. The summed E-state index contributed by atoms with van der Waals surface area (Å²) in [6.07, 6.45) is 1.70. The highest BCUT2D eigenvalue weighted by Gasteiger charge is 2.47. The zero-order chi connectivity index (χ0) is 22.4. The van der Waals surface area contributed by atoms with Crippen molar-refractivity contribution in [3.63, 3.8) is 0 Å². The summed E-state index contributed by atoms with van der Waals surface area (Å²) in [5, 5.41) is 12.4. The number of anilines is 1. The molecule has 1 amide bonds. The number of halogens is 2. The van der Waals surface area contributed by atoms with Crippen LogP contribution in [0.2, 0.25) is 5.02 Å². The Morgan fingerprint density at radius 2 is 1.75 bits per heavy atom. The largest absolute Gasteiger partial charge is 0.507 e. The Hall–Kier alpha value is -3.90. The van der Waals surface area contributed by atoms with Gasteiger partial charge in [0.1, 0.15) is 11.6 Å². The number of carbonyl (C=O) groups is 2. The summed E-state index contributed by atoms with van der Waals surface area (Å²) in [4.78, 5) is 30.7. The van der Waals surface area contributed by atoms with Gasteiger partial charge in [0.2, 0.25) is 0 Å². The molecule has 1 aromatic heterocycles. The van der Waals surface area contributed by atoms with Crippen LogP contribution in [0.15, 0.2) is 84.6 Å². The van der Waals surface area contributed by atoms with Crippen LogP contribution in [0.1, 0.15) is 17.2 Å². The standard InChI is InChI=1S/C25H16ClFN2O3/c26-15-10-8-14(9-11-15)23(30)21-22(19-13-28-20-7-2-1-6-18(19)20)29(25(32)24(21)31)17-5-3-4-16(27)12-17/h1-13,22,28,30H/b23-21+. The fraction of sp³-hybridized carbons (Fsp3) is 0.0400. The van der Waals surface area contributed by atoms with Crippen LogP contribution in [0.4, 0.5) is 10.1 Å². The number of aliphatic hydroxyl groups excluding tert-OH is 1. The molecule has 1 aliphatic rings. The van der Waals surface area contributed by atoms with Crippen LogP contribution in [-0.4, -0.2) is 21.8 Å². The molecule has 5 rings (SSSR count). The first kappa shape index (κ1) is 20.0. The molecule has 7 heteroatoms. The average Bonchev–Trinajstić information content (AvgIpc) is 3.32. The lowest BCUT2D eigenvalue weighted by Crippen LogP contribution is -2.29. The van der Waals surface area contributed by atoms with Gasteiger partial charge < -0.3 is 10.1 Å². The molecule has 5 nitrogen and oxygen atoms in total. The monoisotopic (exact) mass is 446 g/mol. The number of fused-ring (bicyclic) bond motifs is 1. The number of H-pyrrole nitrogens is 1. The smallest absolute Gasteiger partial charge is 0.300 e. The van der Waals surface area contributed by atoms with Gasteiger partial charge in [-0.3, -0.25) is 14.5 Å². The third-order valence-electron chi connectivity index (χ3n) is 5.56. The number of aromatic nitrogens is 1. The van der Waals surface area contributed by atoms with Gasteiger partial charge in [-0.15, -0.1) is 0 Å². The van der Waals surface area contributed by atoms with Crippen molar-refractivity contribution in [2.24, 2.45) is 0 Å². The van der Waals surface area contributed by atoms with Crippen LogP contribution >= 0.6 is 11.6 Å². The van der Waals surface area contributed by atoms with E-state index in [0.29, 0.717) is 16.1 Å². The number of para-hydroxylation sites is 1. The molecule has 0 aliphatic carbocycles. The zero-order valence-corrected chi connectivity index (χ0v) is 17.3. The summed E-state index contributed by atoms with van der Waals surface area (Å²) >= 11 is 5.95. The zero-order valence-electron chi connectivity index (χ0n) is 16.5. The number of hydrogen-bond donors (Lipinski definition) is 2. The first-order valence-electron chi connectivity index (χ1n) is 9.84. The number of hydrogen-bond acceptors (Lipinski definition) is 3. The second kappa shape index (κ2) is 7.66. The fourth-order valence-corrected chi connectivity index (χ4v) is 4.23. The number of amides is 1. The molecule has 2 N–H and O–H groups in total. The van der Waals surface area contributed by atoms with Crippen molar-refractivity contribution in [1.29, 1.82) is 0 Å². The Bertz CT molecular complexity index is 1410. The first-order chi connectivity index (χ1) is 15.5. The highest BCUT2D eigenvalue weighted by Crippen LogP contribution is 2.44. The van der Waals surface area contributed by atoms with E-state index >= 15 is 0 Å². The quantitative estimate of drug-likeness (QED) is 0.245. The predicted octanol–water partition coefficient (Wildman–Crippen LogP) is 5.59. The minimum atomic E-state index is -0.955. The third-order valence-corrected chi connectivity index (χ3v) is 5.82. The van der Waals surface area contributed by atoms with Gasteiger partial charge in [-0.05, 0) is 48.5 Å². The molecule has 0 radical (unpaired) electrons. The number of aromatic amines is 1. The SMILES string of the molecule is O=C1C(=O)N(c2cccc(F)c2)C(c2c[nH]c3ccccc23)/C1=C(\O)c1ccc(Cl)cc1. The van der Waals surface area contributed by atoms with Crippen molar-refractivity contribution in [1.82, 2.24) is 4.98 Å². The van der Waals surface area contributed by atoms with E-state index in [9.17, 15) is 19.1 Å². The van der Waals surface area contributed by atoms with E-state index < -0.39 is 23.5 Å². The van der Waals surface area contributed by atoms with Crippen LogP contribution < -0.4 is 4.90 Å². The van der Waals surface area contributed by atoms with Crippen LogP contribution in [0.25, 0.3) is 16.7 Å². The molecule has 0 saturated carbocycles. The summed E-state index contributed by atoms with van der Waals surface area (Å²) in [6.45, 7) is 0. The van der Waals surface area contributed by atoms with Crippen molar-refractivity contribution >= 4 is 45.6 Å². The van der Waals surface area contributed by atoms with E-state index in [0.717, 1.165) is 10.9 Å². The van der Waals surface area contributed by atoms with E-state index in [1.165, 1.54) is 23.1 Å². The molecule has 1 aliphatic heterocycles. The van der Waals surface area contributed by atoms with Crippen LogP contribution in [0.5, 0.6) is 0 Å². The molecule has 1 fully saturated rings. The van der Waals surface area contributed by atoms with Crippen molar-refractivity contribution in [2.45, 2.75) is 6.04 Å². The van der Waals surface area contributed by atoms with Crippen LogP contribution in [-0.2, 0) is 9.59 Å². The van der Waals surface area contributed by atoms with Crippen molar-refractivity contribution in [2.75, 3.05) is 4.90 Å². The lowest BCUT2D eigenvalue weighted by molar-refractivity contribution is -0.132. The lowest BCUT2D eigenvalue weighted by atomic mass is 9.94. The number of aliphatic hydroxyl groups is 1. The molecule has 32 heavy (non-hydrogen) atoms. The number of rotatable bonds is 3. The van der Waals surface area contributed by atoms with Gasteiger partial charge in [0.15, 0.2) is 0 Å². The molecule has 0 bridgehead atoms. The van der Waals surface area contributed by atoms with Gasteiger partial charge in [-0.1, -0.05) is 35.9 Å². The Balaban J connectivity index is 1.78. The number of benzene rings is 3. The summed E-state index contributed by atoms with van der Waals surface area (Å²) < 4.78 is 14.0. The molecule has 1 atom stereocenters. The molecule has 158 valence electrons. The van der Waals surface area contributed by atoms with Gasteiger partial charge in [-0.25, -0.2) is 4.39 Å². The van der Waals surface area contributed by atoms with Crippen LogP contribution in [0.3, 0.4) is 0 Å². The second-order valence-corrected chi connectivity index (χ2v) is 7.88. The molecule has 2 heterocycles. The molecular weight excluding hydrogens is 431 g/mol. The van der Waals surface area contributed by atoms with Crippen molar-refractivity contribution < 1.29 is 19.1 Å². The number of nitrogens with zero attached hydrogens (tertiary/aromatic N) is 1. The summed E-state index contributed by atoms with van der Waals surface area (Å²) in [6, 6.07) is 18.2. The Kier molecular flexibility index (Phi) is 4.79. The van der Waals surface area contributed by atoms with Crippen LogP contribution in [0, 0.1) is 5.82 Å². The number of Topliss-reactive ketones (excluding diaryl/α,β-unsaturated/α-hetero) is 1. The van der Waals surface area contributed by atoms with Gasteiger partial charge in [0, 0.05) is 38.9 Å². The Morgan fingerprint density at radius 1 is 1.00 bits per heavy atom.